The molecule has 2 aromatic carbocycles. The largest absolute Gasteiger partial charge is 0.508 e. The van der Waals surface area contributed by atoms with Gasteiger partial charge in [0.05, 0.1) is 6.26 Å². The molecule has 0 aliphatic heterocycles. The normalized spacial score (nSPS) is 13.7. The highest BCUT2D eigenvalue weighted by atomic mass is 35.5. The van der Waals surface area contributed by atoms with Crippen LogP contribution in [-0.2, 0) is 26.0 Å². The quantitative estimate of drug-likeness (QED) is 0.533. The van der Waals surface area contributed by atoms with E-state index in [2.05, 4.69) is 10.0 Å². The standard InChI is InChI=1S/C19H22Cl2N2O5S/c1-28-18(15-8-5-13(20)10-16(15)21)11-22-19(25)17(23-29(2,26)27)9-12-3-6-14(24)7-4-12/h3-8,10,17-18,23-24H,9,11H2,1-2H3,(H,22,25). The summed E-state index contributed by atoms with van der Waals surface area (Å²) in [5, 5.41) is 13.0. The molecule has 2 atom stereocenters. The van der Waals surface area contributed by atoms with E-state index in [1.165, 1.54) is 19.2 Å². The van der Waals surface area contributed by atoms with E-state index in [-0.39, 0.29) is 18.7 Å². The molecule has 7 nitrogen and oxygen atoms in total. The number of phenolic OH excluding ortho intramolecular Hbond substituents is 1. The molecular weight excluding hydrogens is 439 g/mol. The number of aromatic hydroxyl groups is 1. The van der Waals surface area contributed by atoms with Crippen LogP contribution in [0.2, 0.25) is 10.0 Å². The van der Waals surface area contributed by atoms with E-state index in [9.17, 15) is 18.3 Å². The van der Waals surface area contributed by atoms with Gasteiger partial charge in [0.25, 0.3) is 0 Å². The maximum absolute atomic E-state index is 12.7. The number of nitrogens with one attached hydrogen (secondary N) is 2. The first-order valence-electron chi connectivity index (χ1n) is 8.59. The van der Waals surface area contributed by atoms with Crippen molar-refractivity contribution in [3.63, 3.8) is 0 Å². The van der Waals surface area contributed by atoms with Crippen LogP contribution in [-0.4, -0.2) is 45.4 Å². The van der Waals surface area contributed by atoms with Gasteiger partial charge in [-0.15, -0.1) is 0 Å². The zero-order valence-corrected chi connectivity index (χ0v) is 18.2. The van der Waals surface area contributed by atoms with Crippen LogP contribution in [0.15, 0.2) is 42.5 Å². The molecular formula is C19H22Cl2N2O5S. The van der Waals surface area contributed by atoms with Gasteiger partial charge >= 0.3 is 0 Å². The summed E-state index contributed by atoms with van der Waals surface area (Å²) in [6, 6.07) is 10.1. The van der Waals surface area contributed by atoms with Crippen molar-refractivity contribution >= 4 is 39.1 Å². The van der Waals surface area contributed by atoms with Crippen molar-refractivity contribution in [1.29, 1.82) is 0 Å². The van der Waals surface area contributed by atoms with Crippen molar-refractivity contribution in [3.05, 3.63) is 63.6 Å². The molecule has 0 aliphatic carbocycles. The predicted molar refractivity (Wildman–Crippen MR) is 113 cm³/mol. The molecule has 0 aromatic heterocycles. The van der Waals surface area contributed by atoms with Crippen LogP contribution in [0.1, 0.15) is 17.2 Å². The van der Waals surface area contributed by atoms with Gasteiger partial charge in [-0.05, 0) is 36.2 Å². The Morgan fingerprint density at radius 1 is 1.17 bits per heavy atom. The molecule has 3 N–H and O–H groups in total. The first-order valence-corrected chi connectivity index (χ1v) is 11.2. The van der Waals surface area contributed by atoms with Crippen LogP contribution < -0.4 is 10.0 Å². The summed E-state index contributed by atoms with van der Waals surface area (Å²) in [6.45, 7) is 0.0776. The number of carbonyl (C=O) groups is 1. The average Bonchev–Trinajstić information content (AvgIpc) is 2.63. The minimum Gasteiger partial charge on any atom is -0.508 e. The summed E-state index contributed by atoms with van der Waals surface area (Å²) in [5.74, 6) is -0.441. The monoisotopic (exact) mass is 460 g/mol. The van der Waals surface area contributed by atoms with Crippen molar-refractivity contribution in [2.45, 2.75) is 18.6 Å². The van der Waals surface area contributed by atoms with Crippen LogP contribution >= 0.6 is 23.2 Å². The lowest BCUT2D eigenvalue weighted by Gasteiger charge is -2.21. The SMILES string of the molecule is COC(CNC(=O)C(Cc1ccc(O)cc1)NS(C)(=O)=O)c1ccc(Cl)cc1Cl. The van der Waals surface area contributed by atoms with Gasteiger partial charge in [-0.25, -0.2) is 13.1 Å². The molecule has 10 heteroatoms. The molecule has 29 heavy (non-hydrogen) atoms. The predicted octanol–water partition coefficient (Wildman–Crippen LogP) is 2.66. The van der Waals surface area contributed by atoms with Crippen molar-refractivity contribution in [2.24, 2.45) is 0 Å². The van der Waals surface area contributed by atoms with E-state index in [1.54, 1.807) is 30.3 Å². The second-order valence-electron chi connectivity index (χ2n) is 6.45. The van der Waals surface area contributed by atoms with Crippen molar-refractivity contribution < 1.29 is 23.1 Å². The van der Waals surface area contributed by atoms with E-state index < -0.39 is 28.1 Å². The number of hydrogen-bond acceptors (Lipinski definition) is 5. The molecule has 0 spiro atoms. The summed E-state index contributed by atoms with van der Waals surface area (Å²) >= 11 is 12.1. The van der Waals surface area contributed by atoms with Gasteiger partial charge in [-0.3, -0.25) is 4.79 Å². The highest BCUT2D eigenvalue weighted by Gasteiger charge is 2.24. The van der Waals surface area contributed by atoms with Crippen molar-refractivity contribution in [2.75, 3.05) is 19.9 Å². The fourth-order valence-corrected chi connectivity index (χ4v) is 3.95. The van der Waals surface area contributed by atoms with Gasteiger partial charge < -0.3 is 15.2 Å². The lowest BCUT2D eigenvalue weighted by molar-refractivity contribution is -0.123. The van der Waals surface area contributed by atoms with E-state index in [0.29, 0.717) is 21.2 Å². The number of halogens is 2. The first kappa shape index (κ1) is 23.4. The molecule has 2 unspecified atom stereocenters. The average molecular weight is 461 g/mol. The number of sulfonamides is 1. The summed E-state index contributed by atoms with van der Waals surface area (Å²) < 4.78 is 31.1. The molecule has 2 rings (SSSR count). The maximum atomic E-state index is 12.7. The molecule has 0 heterocycles. The van der Waals surface area contributed by atoms with E-state index in [4.69, 9.17) is 27.9 Å². The minimum absolute atomic E-state index is 0.0774. The Bertz CT molecular complexity index is 952. The lowest BCUT2D eigenvalue weighted by Crippen LogP contribution is -2.48. The second-order valence-corrected chi connectivity index (χ2v) is 9.07. The third-order valence-corrected chi connectivity index (χ3v) is 5.38. The summed E-state index contributed by atoms with van der Waals surface area (Å²) in [7, 11) is -2.16. The summed E-state index contributed by atoms with van der Waals surface area (Å²) in [6.07, 6.45) is 0.546. The number of rotatable bonds is 9. The van der Waals surface area contributed by atoms with Crippen LogP contribution in [0.4, 0.5) is 0 Å². The van der Waals surface area contributed by atoms with Gasteiger partial charge in [0.1, 0.15) is 17.9 Å². The Morgan fingerprint density at radius 2 is 1.83 bits per heavy atom. The Kier molecular flexibility index (Phi) is 8.30. The number of benzene rings is 2. The maximum Gasteiger partial charge on any atom is 0.238 e. The topological polar surface area (TPSA) is 105 Å². The fraction of sp³-hybridized carbons (Fsp3) is 0.316. The second kappa shape index (κ2) is 10.3. The number of hydrogen-bond donors (Lipinski definition) is 3. The molecule has 0 fully saturated rings. The minimum atomic E-state index is -3.63. The third-order valence-electron chi connectivity index (χ3n) is 4.10. The Hall–Kier alpha value is -1.84. The highest BCUT2D eigenvalue weighted by molar-refractivity contribution is 7.88. The van der Waals surface area contributed by atoms with Gasteiger partial charge in [0.15, 0.2) is 0 Å². The molecule has 2 aromatic rings. The van der Waals surface area contributed by atoms with Gasteiger partial charge in [0.2, 0.25) is 15.9 Å². The van der Waals surface area contributed by atoms with Crippen LogP contribution in [0.5, 0.6) is 5.75 Å². The molecule has 0 bridgehead atoms. The van der Waals surface area contributed by atoms with E-state index >= 15 is 0 Å². The van der Waals surface area contributed by atoms with Gasteiger partial charge in [-0.1, -0.05) is 41.4 Å². The molecule has 0 radical (unpaired) electrons. The molecule has 1 amide bonds. The zero-order chi connectivity index (χ0) is 21.6. The molecule has 0 saturated heterocycles. The summed E-state index contributed by atoms with van der Waals surface area (Å²) in [5.41, 5.74) is 1.33. The Labute approximate surface area is 180 Å². The van der Waals surface area contributed by atoms with E-state index in [0.717, 1.165) is 6.26 Å². The Morgan fingerprint density at radius 3 is 2.38 bits per heavy atom. The molecule has 0 aliphatic rings. The Balaban J connectivity index is 2.12. The number of phenols is 1. The fourth-order valence-electron chi connectivity index (χ4n) is 2.71. The van der Waals surface area contributed by atoms with Gasteiger partial charge in [-0.2, -0.15) is 0 Å². The molecule has 158 valence electrons. The first-order chi connectivity index (χ1) is 13.6. The summed E-state index contributed by atoms with van der Waals surface area (Å²) in [4.78, 5) is 12.7. The zero-order valence-electron chi connectivity index (χ0n) is 15.9. The van der Waals surface area contributed by atoms with E-state index in [1.807, 2.05) is 0 Å². The van der Waals surface area contributed by atoms with Crippen LogP contribution in [0, 0.1) is 0 Å². The van der Waals surface area contributed by atoms with Crippen LogP contribution in [0.3, 0.4) is 0 Å². The van der Waals surface area contributed by atoms with Crippen molar-refractivity contribution in [3.8, 4) is 5.75 Å². The number of amides is 1. The smallest absolute Gasteiger partial charge is 0.238 e. The van der Waals surface area contributed by atoms with Crippen molar-refractivity contribution in [1.82, 2.24) is 10.0 Å². The third kappa shape index (κ3) is 7.49. The number of ether oxygens (including phenoxy) is 1. The van der Waals surface area contributed by atoms with Gasteiger partial charge in [0, 0.05) is 29.3 Å². The molecule has 0 saturated carbocycles. The van der Waals surface area contributed by atoms with Crippen LogP contribution in [0.25, 0.3) is 0 Å². The number of methoxy groups -OCH3 is 1. The highest BCUT2D eigenvalue weighted by Crippen LogP contribution is 2.27. The lowest BCUT2D eigenvalue weighted by atomic mass is 10.1. The number of carbonyl (C=O) groups excluding carboxylic acids is 1.